The summed E-state index contributed by atoms with van der Waals surface area (Å²) in [6.07, 6.45) is 2.46. The van der Waals surface area contributed by atoms with Crippen molar-refractivity contribution in [2.75, 3.05) is 6.61 Å². The van der Waals surface area contributed by atoms with Gasteiger partial charge >= 0.3 is 0 Å². The lowest BCUT2D eigenvalue weighted by atomic mass is 9.96. The van der Waals surface area contributed by atoms with Gasteiger partial charge in [0.15, 0.2) is 0 Å². The van der Waals surface area contributed by atoms with Gasteiger partial charge in [-0.05, 0) is 25.7 Å². The van der Waals surface area contributed by atoms with E-state index in [0.29, 0.717) is 5.92 Å². The SMILES string of the molecule is CCC(CCO)CC(C)O. The Morgan fingerprint density at radius 3 is 2.30 bits per heavy atom. The Labute approximate surface area is 62.9 Å². The van der Waals surface area contributed by atoms with Gasteiger partial charge in [-0.15, -0.1) is 0 Å². The van der Waals surface area contributed by atoms with E-state index in [0.717, 1.165) is 19.3 Å². The van der Waals surface area contributed by atoms with Crippen LogP contribution in [0.4, 0.5) is 0 Å². The molecule has 0 saturated heterocycles. The summed E-state index contributed by atoms with van der Waals surface area (Å²) in [7, 11) is 0. The topological polar surface area (TPSA) is 40.5 Å². The first-order valence-corrected chi connectivity index (χ1v) is 3.99. The molecule has 0 aliphatic rings. The maximum absolute atomic E-state index is 9.00. The lowest BCUT2D eigenvalue weighted by molar-refractivity contribution is 0.145. The highest BCUT2D eigenvalue weighted by Crippen LogP contribution is 2.14. The van der Waals surface area contributed by atoms with Gasteiger partial charge in [0.05, 0.1) is 6.10 Å². The van der Waals surface area contributed by atoms with Crippen molar-refractivity contribution >= 4 is 0 Å². The second-order valence-corrected chi connectivity index (χ2v) is 2.87. The van der Waals surface area contributed by atoms with Crippen LogP contribution in [-0.4, -0.2) is 22.9 Å². The Morgan fingerprint density at radius 1 is 1.40 bits per heavy atom. The van der Waals surface area contributed by atoms with E-state index in [2.05, 4.69) is 6.92 Å². The van der Waals surface area contributed by atoms with Crippen molar-refractivity contribution in [3.8, 4) is 0 Å². The summed E-state index contributed by atoms with van der Waals surface area (Å²) in [6.45, 7) is 4.12. The van der Waals surface area contributed by atoms with E-state index in [-0.39, 0.29) is 12.7 Å². The summed E-state index contributed by atoms with van der Waals surface area (Å²) in [4.78, 5) is 0. The van der Waals surface area contributed by atoms with Gasteiger partial charge in [-0.1, -0.05) is 13.3 Å². The third-order valence-electron chi connectivity index (χ3n) is 1.79. The van der Waals surface area contributed by atoms with Crippen molar-refractivity contribution in [1.82, 2.24) is 0 Å². The van der Waals surface area contributed by atoms with Crippen LogP contribution >= 0.6 is 0 Å². The Kier molecular flexibility index (Phi) is 5.64. The minimum Gasteiger partial charge on any atom is -0.396 e. The van der Waals surface area contributed by atoms with Crippen LogP contribution in [0.5, 0.6) is 0 Å². The molecule has 2 unspecified atom stereocenters. The molecule has 62 valence electrons. The van der Waals surface area contributed by atoms with Gasteiger partial charge in [-0.25, -0.2) is 0 Å². The summed E-state index contributed by atoms with van der Waals surface area (Å²) >= 11 is 0. The van der Waals surface area contributed by atoms with Crippen molar-refractivity contribution in [2.45, 2.75) is 39.2 Å². The first-order valence-electron chi connectivity index (χ1n) is 3.99. The molecule has 0 aromatic carbocycles. The first-order chi connectivity index (χ1) is 4.70. The van der Waals surface area contributed by atoms with E-state index in [9.17, 15) is 0 Å². The van der Waals surface area contributed by atoms with E-state index < -0.39 is 0 Å². The molecule has 0 rings (SSSR count). The van der Waals surface area contributed by atoms with Crippen LogP contribution in [-0.2, 0) is 0 Å². The zero-order valence-corrected chi connectivity index (χ0v) is 6.88. The molecule has 0 radical (unpaired) electrons. The Hall–Kier alpha value is -0.0800. The minimum absolute atomic E-state index is 0.225. The smallest absolute Gasteiger partial charge is 0.0514 e. The molecule has 0 bridgehead atoms. The number of hydrogen-bond donors (Lipinski definition) is 2. The first kappa shape index (κ1) is 9.92. The largest absolute Gasteiger partial charge is 0.396 e. The summed E-state index contributed by atoms with van der Waals surface area (Å²) < 4.78 is 0. The van der Waals surface area contributed by atoms with Crippen LogP contribution in [0.1, 0.15) is 33.1 Å². The lowest BCUT2D eigenvalue weighted by Gasteiger charge is -2.14. The third kappa shape index (κ3) is 4.77. The average molecular weight is 146 g/mol. The second-order valence-electron chi connectivity index (χ2n) is 2.87. The lowest BCUT2D eigenvalue weighted by Crippen LogP contribution is -2.10. The highest BCUT2D eigenvalue weighted by atomic mass is 16.3. The number of aliphatic hydroxyl groups is 2. The number of rotatable bonds is 5. The molecule has 2 atom stereocenters. The second kappa shape index (κ2) is 5.69. The zero-order chi connectivity index (χ0) is 7.98. The monoisotopic (exact) mass is 146 g/mol. The molecule has 0 fully saturated rings. The Bertz CT molecular complexity index is 71.7. The molecule has 0 aliphatic carbocycles. The van der Waals surface area contributed by atoms with Gasteiger partial charge < -0.3 is 10.2 Å². The van der Waals surface area contributed by atoms with Crippen molar-refractivity contribution in [1.29, 1.82) is 0 Å². The molecule has 0 aromatic heterocycles. The van der Waals surface area contributed by atoms with Crippen LogP contribution in [0.15, 0.2) is 0 Å². The van der Waals surface area contributed by atoms with Crippen molar-refractivity contribution < 1.29 is 10.2 Å². The molecule has 2 heteroatoms. The number of hydrogen-bond acceptors (Lipinski definition) is 2. The summed E-state index contributed by atoms with van der Waals surface area (Å²) in [5.41, 5.74) is 0. The van der Waals surface area contributed by atoms with Gasteiger partial charge in [-0.2, -0.15) is 0 Å². The normalized spacial score (nSPS) is 16.8. The summed E-state index contributed by atoms with van der Waals surface area (Å²) in [5.74, 6) is 0.491. The van der Waals surface area contributed by atoms with Crippen LogP contribution in [0.25, 0.3) is 0 Å². The molecule has 0 amide bonds. The quantitative estimate of drug-likeness (QED) is 0.611. The summed E-state index contributed by atoms with van der Waals surface area (Å²) in [5, 5.41) is 17.6. The van der Waals surface area contributed by atoms with E-state index in [1.807, 2.05) is 0 Å². The molecule has 0 aromatic rings. The predicted molar refractivity (Wildman–Crippen MR) is 41.8 cm³/mol. The van der Waals surface area contributed by atoms with Crippen molar-refractivity contribution in [2.24, 2.45) is 5.92 Å². The maximum Gasteiger partial charge on any atom is 0.0514 e. The van der Waals surface area contributed by atoms with Crippen LogP contribution in [0.3, 0.4) is 0 Å². The van der Waals surface area contributed by atoms with Gasteiger partial charge in [0.1, 0.15) is 0 Å². The molecule has 10 heavy (non-hydrogen) atoms. The van der Waals surface area contributed by atoms with Gasteiger partial charge in [0.2, 0.25) is 0 Å². The van der Waals surface area contributed by atoms with Crippen LogP contribution in [0.2, 0.25) is 0 Å². The fourth-order valence-electron chi connectivity index (χ4n) is 1.15. The Balaban J connectivity index is 3.39. The minimum atomic E-state index is -0.225. The van der Waals surface area contributed by atoms with Crippen molar-refractivity contribution in [3.05, 3.63) is 0 Å². The van der Waals surface area contributed by atoms with Gasteiger partial charge in [0.25, 0.3) is 0 Å². The highest BCUT2D eigenvalue weighted by molar-refractivity contribution is 4.59. The molecule has 0 heterocycles. The van der Waals surface area contributed by atoms with E-state index in [1.165, 1.54) is 0 Å². The maximum atomic E-state index is 9.00. The molecule has 2 nitrogen and oxygen atoms in total. The number of aliphatic hydroxyl groups excluding tert-OH is 2. The van der Waals surface area contributed by atoms with E-state index in [1.54, 1.807) is 6.92 Å². The molecule has 2 N–H and O–H groups in total. The highest BCUT2D eigenvalue weighted by Gasteiger charge is 2.07. The molecule has 0 spiro atoms. The Morgan fingerprint density at radius 2 is 2.00 bits per heavy atom. The van der Waals surface area contributed by atoms with E-state index >= 15 is 0 Å². The van der Waals surface area contributed by atoms with Crippen LogP contribution in [0, 0.1) is 5.92 Å². The predicted octanol–water partition coefficient (Wildman–Crippen LogP) is 1.17. The van der Waals surface area contributed by atoms with E-state index in [4.69, 9.17) is 10.2 Å². The molecule has 0 aliphatic heterocycles. The van der Waals surface area contributed by atoms with Gasteiger partial charge in [0, 0.05) is 6.61 Å². The van der Waals surface area contributed by atoms with Crippen LogP contribution < -0.4 is 0 Å². The average Bonchev–Trinajstić information content (AvgIpc) is 1.86. The summed E-state index contributed by atoms with van der Waals surface area (Å²) in [6, 6.07) is 0. The fourth-order valence-corrected chi connectivity index (χ4v) is 1.15. The molecular formula is C8H18O2. The molecular weight excluding hydrogens is 128 g/mol. The molecule has 0 saturated carbocycles. The van der Waals surface area contributed by atoms with Gasteiger partial charge in [-0.3, -0.25) is 0 Å². The standard InChI is InChI=1S/C8H18O2/c1-3-8(4-5-9)6-7(2)10/h7-10H,3-6H2,1-2H3. The third-order valence-corrected chi connectivity index (χ3v) is 1.79. The zero-order valence-electron chi connectivity index (χ0n) is 6.88. The van der Waals surface area contributed by atoms with Crippen molar-refractivity contribution in [3.63, 3.8) is 0 Å². The fraction of sp³-hybridized carbons (Fsp3) is 1.00.